The number of carboxylic acids is 1. The fraction of sp³-hybridized carbons (Fsp3) is 0.450. The highest BCUT2D eigenvalue weighted by atomic mass is 19.4. The lowest BCUT2D eigenvalue weighted by molar-refractivity contribution is -0.192. The van der Waals surface area contributed by atoms with Crippen LogP contribution in [0.4, 0.5) is 18.9 Å². The lowest BCUT2D eigenvalue weighted by Gasteiger charge is -2.28. The zero-order valence-electron chi connectivity index (χ0n) is 17.2. The van der Waals surface area contributed by atoms with E-state index in [9.17, 15) is 32.3 Å². The van der Waals surface area contributed by atoms with E-state index >= 15 is 0 Å². The molecule has 4 rings (SSSR count). The number of carbonyl (C=O) groups excluding carboxylic acids is 4. The number of carbonyl (C=O) groups is 5. The summed E-state index contributed by atoms with van der Waals surface area (Å²) >= 11 is 0. The van der Waals surface area contributed by atoms with Crippen molar-refractivity contribution >= 4 is 35.3 Å². The van der Waals surface area contributed by atoms with Crippen molar-refractivity contribution in [1.82, 2.24) is 15.5 Å². The summed E-state index contributed by atoms with van der Waals surface area (Å²) < 4.78 is 31.7. The third-order valence-corrected chi connectivity index (χ3v) is 5.41. The molecule has 4 amide bonds. The predicted molar refractivity (Wildman–Crippen MR) is 106 cm³/mol. The molecule has 3 aliphatic heterocycles. The molecule has 178 valence electrons. The zero-order chi connectivity index (χ0) is 24.3. The van der Waals surface area contributed by atoms with Crippen molar-refractivity contribution in [3.63, 3.8) is 0 Å². The van der Waals surface area contributed by atoms with Crippen LogP contribution in [0.2, 0.25) is 0 Å². The fourth-order valence-electron chi connectivity index (χ4n) is 3.82. The molecule has 10 nitrogen and oxygen atoms in total. The number of piperidine rings is 2. The molecule has 1 atom stereocenters. The number of benzene rings is 1. The zero-order valence-corrected chi connectivity index (χ0v) is 17.2. The second kappa shape index (κ2) is 9.57. The maximum absolute atomic E-state index is 13.0. The van der Waals surface area contributed by atoms with E-state index in [2.05, 4.69) is 16.0 Å². The summed E-state index contributed by atoms with van der Waals surface area (Å²) in [6, 6.07) is 4.43. The highest BCUT2D eigenvalue weighted by Crippen LogP contribution is 2.33. The molecule has 0 radical (unpaired) electrons. The van der Waals surface area contributed by atoms with Crippen LogP contribution in [0.1, 0.15) is 46.4 Å². The molecule has 2 fully saturated rings. The van der Waals surface area contributed by atoms with E-state index in [-0.39, 0.29) is 24.8 Å². The summed E-state index contributed by atoms with van der Waals surface area (Å²) in [5.74, 6) is -4.68. The Morgan fingerprint density at radius 3 is 2.27 bits per heavy atom. The van der Waals surface area contributed by atoms with Gasteiger partial charge in [0.25, 0.3) is 11.8 Å². The number of halogens is 3. The average molecular weight is 470 g/mol. The van der Waals surface area contributed by atoms with Crippen molar-refractivity contribution in [2.45, 2.75) is 43.9 Å². The number of hydrogen-bond donors (Lipinski definition) is 4. The average Bonchev–Trinajstić information content (AvgIpc) is 3.00. The highest BCUT2D eigenvalue weighted by Gasteiger charge is 2.45. The van der Waals surface area contributed by atoms with Crippen LogP contribution in [0.25, 0.3) is 0 Å². The Morgan fingerprint density at radius 2 is 1.70 bits per heavy atom. The van der Waals surface area contributed by atoms with Gasteiger partial charge in [0.2, 0.25) is 11.8 Å². The third kappa shape index (κ3) is 5.30. The standard InChI is InChI=1S/C18H20N4O4.C2HF3O2/c23-14-5-4-13(16(24)21-14)22-17(25)11-2-1-3-12(15(11)18(22)26)20-10-6-8-19-9-7-10;3-2(4,5)1(6)7/h1-3,10,13,19-20H,4-9H2,(H,21,23,24);(H,6,7). The predicted octanol–water partition coefficient (Wildman–Crippen LogP) is 0.885. The SMILES string of the molecule is O=C(O)C(F)(F)F.O=C1CCC(N2C(=O)c3cccc(NC4CCNCC4)c3C2=O)C(=O)N1. The Balaban J connectivity index is 0.000000383. The molecule has 0 aliphatic carbocycles. The van der Waals surface area contributed by atoms with E-state index < -0.39 is 35.9 Å². The van der Waals surface area contributed by atoms with Crippen molar-refractivity contribution in [3.8, 4) is 0 Å². The lowest BCUT2D eigenvalue weighted by atomic mass is 10.0. The molecule has 0 bridgehead atoms. The van der Waals surface area contributed by atoms with Gasteiger partial charge < -0.3 is 15.7 Å². The number of rotatable bonds is 3. The van der Waals surface area contributed by atoms with Crippen molar-refractivity contribution in [1.29, 1.82) is 0 Å². The van der Waals surface area contributed by atoms with E-state index in [0.717, 1.165) is 30.8 Å². The minimum Gasteiger partial charge on any atom is -0.475 e. The minimum absolute atomic E-state index is 0.115. The van der Waals surface area contributed by atoms with E-state index in [1.165, 1.54) is 0 Å². The summed E-state index contributed by atoms with van der Waals surface area (Å²) in [6.07, 6.45) is -2.94. The number of amides is 4. The smallest absolute Gasteiger partial charge is 0.475 e. The number of aliphatic carboxylic acids is 1. The number of anilines is 1. The van der Waals surface area contributed by atoms with Crippen LogP contribution >= 0.6 is 0 Å². The molecular formula is C20H21F3N4O6. The molecule has 0 aromatic heterocycles. The van der Waals surface area contributed by atoms with Crippen LogP contribution in [0.3, 0.4) is 0 Å². The van der Waals surface area contributed by atoms with Crippen LogP contribution in [0.5, 0.6) is 0 Å². The van der Waals surface area contributed by atoms with Crippen molar-refractivity contribution in [3.05, 3.63) is 29.3 Å². The maximum atomic E-state index is 13.0. The number of hydrogen-bond acceptors (Lipinski definition) is 7. The number of nitrogens with zero attached hydrogens (tertiary/aromatic N) is 1. The number of imide groups is 2. The molecule has 1 aromatic carbocycles. The van der Waals surface area contributed by atoms with Crippen LogP contribution in [0, 0.1) is 0 Å². The Bertz CT molecular complexity index is 991. The summed E-state index contributed by atoms with van der Waals surface area (Å²) in [5, 5.41) is 16.0. The van der Waals surface area contributed by atoms with E-state index in [1.54, 1.807) is 18.2 Å². The van der Waals surface area contributed by atoms with Gasteiger partial charge in [-0.1, -0.05) is 6.07 Å². The van der Waals surface area contributed by atoms with Gasteiger partial charge in [-0.2, -0.15) is 13.2 Å². The van der Waals surface area contributed by atoms with Crippen molar-refractivity contribution in [2.24, 2.45) is 0 Å². The Hall–Kier alpha value is -3.48. The van der Waals surface area contributed by atoms with Gasteiger partial charge in [-0.25, -0.2) is 4.79 Å². The van der Waals surface area contributed by atoms with Gasteiger partial charge in [-0.05, 0) is 44.5 Å². The summed E-state index contributed by atoms with van der Waals surface area (Å²) in [7, 11) is 0. The van der Waals surface area contributed by atoms with E-state index in [4.69, 9.17) is 9.90 Å². The van der Waals surface area contributed by atoms with Gasteiger partial charge in [0.1, 0.15) is 6.04 Å². The highest BCUT2D eigenvalue weighted by molar-refractivity contribution is 6.25. The fourth-order valence-corrected chi connectivity index (χ4v) is 3.82. The summed E-state index contributed by atoms with van der Waals surface area (Å²) in [6.45, 7) is 1.81. The second-order valence-electron chi connectivity index (χ2n) is 7.65. The minimum atomic E-state index is -5.08. The van der Waals surface area contributed by atoms with Crippen molar-refractivity contribution in [2.75, 3.05) is 18.4 Å². The molecule has 33 heavy (non-hydrogen) atoms. The molecule has 2 saturated heterocycles. The molecule has 1 aromatic rings. The van der Waals surface area contributed by atoms with Crippen LogP contribution in [-0.4, -0.2) is 71.0 Å². The van der Waals surface area contributed by atoms with Gasteiger partial charge in [0, 0.05) is 18.2 Å². The summed E-state index contributed by atoms with van der Waals surface area (Å²) in [5.41, 5.74) is 1.25. The number of alkyl halides is 3. The van der Waals surface area contributed by atoms with E-state index in [1.807, 2.05) is 0 Å². The van der Waals surface area contributed by atoms with Gasteiger partial charge >= 0.3 is 12.1 Å². The first-order valence-corrected chi connectivity index (χ1v) is 10.1. The third-order valence-electron chi connectivity index (χ3n) is 5.41. The second-order valence-corrected chi connectivity index (χ2v) is 7.65. The number of carboxylic acid groups (broad SMARTS) is 1. The van der Waals surface area contributed by atoms with Gasteiger partial charge in [0.15, 0.2) is 0 Å². The largest absolute Gasteiger partial charge is 0.490 e. The quantitative estimate of drug-likeness (QED) is 0.477. The molecule has 0 saturated carbocycles. The topological polar surface area (TPSA) is 145 Å². The van der Waals surface area contributed by atoms with Gasteiger partial charge in [0.05, 0.1) is 11.1 Å². The molecule has 1 unspecified atom stereocenters. The van der Waals surface area contributed by atoms with Gasteiger partial charge in [-0.3, -0.25) is 29.4 Å². The first kappa shape index (κ1) is 24.2. The first-order valence-electron chi connectivity index (χ1n) is 10.1. The van der Waals surface area contributed by atoms with Crippen LogP contribution in [-0.2, 0) is 14.4 Å². The van der Waals surface area contributed by atoms with E-state index in [0.29, 0.717) is 16.8 Å². The molecule has 3 heterocycles. The maximum Gasteiger partial charge on any atom is 0.490 e. The number of fused-ring (bicyclic) bond motifs is 1. The Labute approximate surface area is 185 Å². The monoisotopic (exact) mass is 470 g/mol. The molecule has 13 heteroatoms. The molecule has 4 N–H and O–H groups in total. The first-order chi connectivity index (χ1) is 15.5. The lowest BCUT2D eigenvalue weighted by Crippen LogP contribution is -2.54. The Morgan fingerprint density at radius 1 is 1.06 bits per heavy atom. The number of nitrogens with one attached hydrogen (secondary N) is 3. The Kier molecular flexibility index (Phi) is 7.01. The van der Waals surface area contributed by atoms with Gasteiger partial charge in [-0.15, -0.1) is 0 Å². The normalized spacial score (nSPS) is 21.2. The van der Waals surface area contributed by atoms with Crippen LogP contribution < -0.4 is 16.0 Å². The summed E-state index contributed by atoms with van der Waals surface area (Å²) in [4.78, 5) is 59.2. The molecule has 0 spiro atoms. The van der Waals surface area contributed by atoms with Crippen molar-refractivity contribution < 1.29 is 42.3 Å². The molecule has 3 aliphatic rings. The molecular weight excluding hydrogens is 449 g/mol. The van der Waals surface area contributed by atoms with Crippen LogP contribution in [0.15, 0.2) is 18.2 Å².